The highest BCUT2D eigenvalue weighted by Crippen LogP contribution is 2.33. The first kappa shape index (κ1) is 16.7. The Morgan fingerprint density at radius 2 is 2.13 bits per heavy atom. The lowest BCUT2D eigenvalue weighted by molar-refractivity contribution is -0.276. The van der Waals surface area contributed by atoms with Gasteiger partial charge in [-0.1, -0.05) is 12.1 Å². The molecule has 1 aromatic carbocycles. The molecule has 128 valence electrons. The molecular formula is C18H27NO4. The fourth-order valence-corrected chi connectivity index (χ4v) is 3.55. The molecule has 0 saturated carbocycles. The first-order chi connectivity index (χ1) is 11.3. The van der Waals surface area contributed by atoms with E-state index in [2.05, 4.69) is 23.5 Å². The first-order valence-corrected chi connectivity index (χ1v) is 8.41. The van der Waals surface area contributed by atoms with Gasteiger partial charge in [0, 0.05) is 39.5 Å². The Morgan fingerprint density at radius 1 is 1.26 bits per heavy atom. The van der Waals surface area contributed by atoms with E-state index in [0.717, 1.165) is 44.7 Å². The minimum atomic E-state index is -0.495. The molecule has 1 atom stereocenters. The van der Waals surface area contributed by atoms with E-state index in [1.54, 1.807) is 14.2 Å². The third-order valence-corrected chi connectivity index (χ3v) is 4.98. The van der Waals surface area contributed by atoms with Crippen LogP contribution in [-0.2, 0) is 27.2 Å². The number of hydrogen-bond acceptors (Lipinski definition) is 5. The van der Waals surface area contributed by atoms with Crippen molar-refractivity contribution in [2.24, 2.45) is 5.92 Å². The maximum Gasteiger partial charge on any atom is 0.174 e. The lowest BCUT2D eigenvalue weighted by Gasteiger charge is -2.41. The fourth-order valence-electron chi connectivity index (χ4n) is 3.55. The summed E-state index contributed by atoms with van der Waals surface area (Å²) >= 11 is 0. The van der Waals surface area contributed by atoms with Crippen LogP contribution in [0.25, 0.3) is 0 Å². The summed E-state index contributed by atoms with van der Waals surface area (Å²) in [5, 5.41) is 3.52. The second-order valence-corrected chi connectivity index (χ2v) is 6.25. The molecule has 2 aliphatic rings. The molecule has 2 aliphatic heterocycles. The van der Waals surface area contributed by atoms with Crippen LogP contribution in [0.2, 0.25) is 0 Å². The van der Waals surface area contributed by atoms with Crippen LogP contribution >= 0.6 is 0 Å². The molecule has 1 N–H and O–H groups in total. The maximum absolute atomic E-state index is 5.66. The van der Waals surface area contributed by atoms with Crippen molar-refractivity contribution in [3.63, 3.8) is 0 Å². The Bertz CT molecular complexity index is 516. The molecule has 0 radical (unpaired) electrons. The van der Waals surface area contributed by atoms with Gasteiger partial charge < -0.3 is 24.3 Å². The summed E-state index contributed by atoms with van der Waals surface area (Å²) in [6.45, 7) is 3.98. The number of benzene rings is 1. The zero-order valence-corrected chi connectivity index (χ0v) is 14.1. The topological polar surface area (TPSA) is 49.0 Å². The van der Waals surface area contributed by atoms with Crippen LogP contribution in [0.5, 0.6) is 5.75 Å². The minimum absolute atomic E-state index is 0.257. The van der Waals surface area contributed by atoms with Gasteiger partial charge in [0.15, 0.2) is 5.79 Å². The average Bonchev–Trinajstić information content (AvgIpc) is 3.07. The third kappa shape index (κ3) is 3.69. The molecule has 23 heavy (non-hydrogen) atoms. The van der Waals surface area contributed by atoms with E-state index in [1.807, 2.05) is 0 Å². The first-order valence-electron chi connectivity index (χ1n) is 8.41. The second kappa shape index (κ2) is 7.62. The van der Waals surface area contributed by atoms with Crippen LogP contribution in [-0.4, -0.2) is 46.4 Å². The number of methoxy groups -OCH3 is 2. The van der Waals surface area contributed by atoms with Crippen molar-refractivity contribution in [1.82, 2.24) is 5.32 Å². The summed E-state index contributed by atoms with van der Waals surface area (Å²) in [5.74, 6) is 0.801. The van der Waals surface area contributed by atoms with E-state index >= 15 is 0 Å². The van der Waals surface area contributed by atoms with E-state index < -0.39 is 5.79 Å². The quantitative estimate of drug-likeness (QED) is 0.616. The molecule has 0 aromatic heterocycles. The van der Waals surface area contributed by atoms with Gasteiger partial charge in [0.25, 0.3) is 0 Å². The molecule has 5 nitrogen and oxygen atoms in total. The number of hydrogen-bond donors (Lipinski definition) is 1. The van der Waals surface area contributed by atoms with E-state index in [-0.39, 0.29) is 5.92 Å². The van der Waals surface area contributed by atoms with E-state index in [0.29, 0.717) is 13.2 Å². The zero-order valence-electron chi connectivity index (χ0n) is 14.1. The number of fused-ring (bicyclic) bond motifs is 1. The molecule has 5 heteroatoms. The molecule has 0 amide bonds. The Kier molecular flexibility index (Phi) is 5.54. The largest absolute Gasteiger partial charge is 0.493 e. The average molecular weight is 321 g/mol. The van der Waals surface area contributed by atoms with Crippen molar-refractivity contribution in [3.8, 4) is 5.75 Å². The molecule has 1 saturated heterocycles. The standard InChI is InChI=1S/C18H27NO4/c1-20-18(21-2)7-10-22-13-16(18)5-8-19-12-14-3-4-17-15(11-14)6-9-23-17/h3-4,11,16,19H,5-10,12-13H2,1-2H3. The Hall–Kier alpha value is -1.14. The second-order valence-electron chi connectivity index (χ2n) is 6.25. The van der Waals surface area contributed by atoms with Gasteiger partial charge >= 0.3 is 0 Å². The van der Waals surface area contributed by atoms with Crippen molar-refractivity contribution in [2.75, 3.05) is 40.6 Å². The molecule has 0 aliphatic carbocycles. The highest BCUT2D eigenvalue weighted by atomic mass is 16.7. The Morgan fingerprint density at radius 3 is 2.96 bits per heavy atom. The van der Waals surface area contributed by atoms with Gasteiger partial charge in [-0.15, -0.1) is 0 Å². The summed E-state index contributed by atoms with van der Waals surface area (Å²) in [4.78, 5) is 0. The predicted octanol–water partition coefficient (Wildman–Crippen LogP) is 2.13. The van der Waals surface area contributed by atoms with Gasteiger partial charge in [-0.05, 0) is 30.2 Å². The van der Waals surface area contributed by atoms with Gasteiger partial charge in [0.2, 0.25) is 0 Å². The van der Waals surface area contributed by atoms with Crippen LogP contribution in [0.15, 0.2) is 18.2 Å². The van der Waals surface area contributed by atoms with Crippen LogP contribution in [0, 0.1) is 5.92 Å². The van der Waals surface area contributed by atoms with Crippen LogP contribution < -0.4 is 10.1 Å². The Labute approximate surface area is 138 Å². The van der Waals surface area contributed by atoms with E-state index in [4.69, 9.17) is 18.9 Å². The van der Waals surface area contributed by atoms with Crippen molar-refractivity contribution >= 4 is 0 Å². The van der Waals surface area contributed by atoms with Crippen molar-refractivity contribution < 1.29 is 18.9 Å². The van der Waals surface area contributed by atoms with E-state index in [9.17, 15) is 0 Å². The number of rotatable bonds is 7. The highest BCUT2D eigenvalue weighted by Gasteiger charge is 2.41. The van der Waals surface area contributed by atoms with Gasteiger partial charge in [-0.3, -0.25) is 0 Å². The van der Waals surface area contributed by atoms with Crippen molar-refractivity contribution in [2.45, 2.75) is 31.6 Å². The van der Waals surface area contributed by atoms with Crippen LogP contribution in [0.3, 0.4) is 0 Å². The normalized spacial score (nSPS) is 22.6. The zero-order chi connectivity index (χ0) is 16.1. The maximum atomic E-state index is 5.66. The smallest absolute Gasteiger partial charge is 0.174 e. The molecule has 0 spiro atoms. The predicted molar refractivity (Wildman–Crippen MR) is 87.6 cm³/mol. The summed E-state index contributed by atoms with van der Waals surface area (Å²) < 4.78 is 22.5. The van der Waals surface area contributed by atoms with Gasteiger partial charge in [0.05, 0.1) is 19.8 Å². The Balaban J connectivity index is 1.47. The third-order valence-electron chi connectivity index (χ3n) is 4.98. The van der Waals surface area contributed by atoms with Crippen LogP contribution in [0.1, 0.15) is 24.0 Å². The molecule has 1 fully saturated rings. The van der Waals surface area contributed by atoms with E-state index in [1.165, 1.54) is 11.1 Å². The number of ether oxygens (including phenoxy) is 4. The van der Waals surface area contributed by atoms with Crippen molar-refractivity contribution in [1.29, 1.82) is 0 Å². The van der Waals surface area contributed by atoms with Crippen LogP contribution in [0.4, 0.5) is 0 Å². The highest BCUT2D eigenvalue weighted by molar-refractivity contribution is 5.39. The summed E-state index contributed by atoms with van der Waals surface area (Å²) in [6, 6.07) is 6.46. The monoisotopic (exact) mass is 321 g/mol. The molecule has 1 aromatic rings. The van der Waals surface area contributed by atoms with Gasteiger partial charge in [0.1, 0.15) is 5.75 Å². The summed E-state index contributed by atoms with van der Waals surface area (Å²) in [7, 11) is 3.45. The van der Waals surface area contributed by atoms with Gasteiger partial charge in [-0.2, -0.15) is 0 Å². The lowest BCUT2D eigenvalue weighted by atomic mass is 9.91. The minimum Gasteiger partial charge on any atom is -0.493 e. The molecule has 3 rings (SSSR count). The molecule has 0 bridgehead atoms. The molecular weight excluding hydrogens is 294 g/mol. The van der Waals surface area contributed by atoms with Gasteiger partial charge in [-0.25, -0.2) is 0 Å². The van der Waals surface area contributed by atoms with Crippen molar-refractivity contribution in [3.05, 3.63) is 29.3 Å². The fraction of sp³-hybridized carbons (Fsp3) is 0.667. The number of nitrogens with one attached hydrogen (secondary N) is 1. The SMILES string of the molecule is COC1(OC)CCOCC1CCNCc1ccc2c(c1)CCO2. The summed E-state index contributed by atoms with van der Waals surface area (Å²) in [6.07, 6.45) is 2.78. The summed E-state index contributed by atoms with van der Waals surface area (Å²) in [5.41, 5.74) is 2.63. The molecule has 2 heterocycles. The lowest BCUT2D eigenvalue weighted by Crippen LogP contribution is -2.49. The molecule has 1 unspecified atom stereocenters.